The maximum absolute atomic E-state index is 12.3. The lowest BCUT2D eigenvalue weighted by Crippen LogP contribution is -2.55. The number of fused-ring (bicyclic) bond motifs is 3. The number of carbonyl (C=O) groups excluding carboxylic acids is 1. The highest BCUT2D eigenvalue weighted by Gasteiger charge is 2.42. The number of piperidine rings is 2. The first-order valence-corrected chi connectivity index (χ1v) is 7.21. The van der Waals surface area contributed by atoms with Gasteiger partial charge in [0.2, 0.25) is 0 Å². The molecular weight excluding hydrogens is 250 g/mol. The van der Waals surface area contributed by atoms with Crippen LogP contribution in [0.1, 0.15) is 24.8 Å². The van der Waals surface area contributed by atoms with Crippen molar-refractivity contribution >= 4 is 6.09 Å². The maximum Gasteiger partial charge on any atom is 0.410 e. The standard InChI is InChI=1S/C17H19NO2/c1-2-15-10-14-8-9-16(15)18(11-14)17(19)20-12-13-6-4-3-5-7-13/h1,3-7,14-16H,8-12H2. The van der Waals surface area contributed by atoms with Gasteiger partial charge in [0.15, 0.2) is 0 Å². The Morgan fingerprint density at radius 1 is 1.35 bits per heavy atom. The topological polar surface area (TPSA) is 29.5 Å². The van der Waals surface area contributed by atoms with Gasteiger partial charge in [0.1, 0.15) is 6.61 Å². The summed E-state index contributed by atoms with van der Waals surface area (Å²) in [6, 6.07) is 9.93. The molecule has 3 heteroatoms. The fourth-order valence-corrected chi connectivity index (χ4v) is 3.39. The van der Waals surface area contributed by atoms with Crippen molar-refractivity contribution in [3.8, 4) is 12.3 Å². The first-order chi connectivity index (χ1) is 9.78. The smallest absolute Gasteiger partial charge is 0.410 e. The van der Waals surface area contributed by atoms with Crippen LogP contribution in [0, 0.1) is 24.2 Å². The highest BCUT2D eigenvalue weighted by atomic mass is 16.6. The Morgan fingerprint density at radius 3 is 2.85 bits per heavy atom. The zero-order chi connectivity index (χ0) is 13.9. The molecule has 2 aliphatic heterocycles. The first-order valence-electron chi connectivity index (χ1n) is 7.21. The third-order valence-corrected chi connectivity index (χ3v) is 4.43. The number of rotatable bonds is 2. The molecule has 20 heavy (non-hydrogen) atoms. The number of nitrogens with zero attached hydrogens (tertiary/aromatic N) is 1. The molecule has 1 amide bonds. The Kier molecular flexibility index (Phi) is 3.64. The Morgan fingerprint density at radius 2 is 2.15 bits per heavy atom. The largest absolute Gasteiger partial charge is 0.445 e. The summed E-state index contributed by atoms with van der Waals surface area (Å²) in [7, 11) is 0. The van der Waals surface area contributed by atoms with E-state index in [-0.39, 0.29) is 18.1 Å². The maximum atomic E-state index is 12.3. The van der Waals surface area contributed by atoms with E-state index in [4.69, 9.17) is 11.2 Å². The summed E-state index contributed by atoms with van der Waals surface area (Å²) in [6.45, 7) is 1.13. The van der Waals surface area contributed by atoms with E-state index >= 15 is 0 Å². The number of amides is 1. The van der Waals surface area contributed by atoms with Gasteiger partial charge >= 0.3 is 6.09 Å². The lowest BCUT2D eigenvalue weighted by Gasteiger charge is -2.47. The van der Waals surface area contributed by atoms with Gasteiger partial charge in [0.25, 0.3) is 0 Å². The average Bonchev–Trinajstić information content (AvgIpc) is 2.53. The van der Waals surface area contributed by atoms with Crippen LogP contribution in [-0.2, 0) is 11.3 Å². The van der Waals surface area contributed by atoms with Gasteiger partial charge in [-0.25, -0.2) is 4.79 Å². The van der Waals surface area contributed by atoms with Crippen molar-refractivity contribution in [1.82, 2.24) is 4.90 Å². The van der Waals surface area contributed by atoms with E-state index < -0.39 is 0 Å². The molecule has 3 nitrogen and oxygen atoms in total. The number of hydrogen-bond acceptors (Lipinski definition) is 2. The minimum atomic E-state index is -0.219. The van der Waals surface area contributed by atoms with Crippen molar-refractivity contribution in [3.63, 3.8) is 0 Å². The molecule has 1 aliphatic carbocycles. The van der Waals surface area contributed by atoms with Crippen LogP contribution in [0.15, 0.2) is 30.3 Å². The van der Waals surface area contributed by atoms with Gasteiger partial charge < -0.3 is 9.64 Å². The number of terminal acetylenes is 1. The molecule has 104 valence electrons. The third kappa shape index (κ3) is 2.51. The Labute approximate surface area is 119 Å². The van der Waals surface area contributed by atoms with Crippen molar-refractivity contribution in [2.45, 2.75) is 31.9 Å². The highest BCUT2D eigenvalue weighted by molar-refractivity contribution is 5.68. The van der Waals surface area contributed by atoms with Crippen molar-refractivity contribution < 1.29 is 9.53 Å². The van der Waals surface area contributed by atoms with Crippen molar-refractivity contribution in [2.24, 2.45) is 11.8 Å². The van der Waals surface area contributed by atoms with E-state index in [0.29, 0.717) is 12.5 Å². The number of carbonyl (C=O) groups is 1. The summed E-state index contributed by atoms with van der Waals surface area (Å²) in [5.41, 5.74) is 1.01. The van der Waals surface area contributed by atoms with Crippen LogP contribution in [0.3, 0.4) is 0 Å². The predicted molar refractivity (Wildman–Crippen MR) is 76.8 cm³/mol. The quantitative estimate of drug-likeness (QED) is 0.772. The average molecular weight is 269 g/mol. The van der Waals surface area contributed by atoms with E-state index in [0.717, 1.165) is 24.9 Å². The lowest BCUT2D eigenvalue weighted by atomic mass is 9.73. The van der Waals surface area contributed by atoms with Crippen LogP contribution < -0.4 is 0 Å². The van der Waals surface area contributed by atoms with E-state index in [1.165, 1.54) is 6.42 Å². The van der Waals surface area contributed by atoms with Gasteiger partial charge in [-0.1, -0.05) is 30.3 Å². The fraction of sp³-hybridized carbons (Fsp3) is 0.471. The minimum absolute atomic E-state index is 0.174. The molecule has 0 spiro atoms. The zero-order valence-electron chi connectivity index (χ0n) is 11.5. The molecule has 4 rings (SSSR count). The molecule has 3 atom stereocenters. The second-order valence-electron chi connectivity index (χ2n) is 5.71. The lowest BCUT2D eigenvalue weighted by molar-refractivity contribution is 0.00967. The minimum Gasteiger partial charge on any atom is -0.445 e. The molecule has 3 unspecified atom stereocenters. The number of benzene rings is 1. The molecule has 0 N–H and O–H groups in total. The molecule has 2 bridgehead atoms. The Bertz CT molecular complexity index is 520. The molecular formula is C17H19NO2. The molecule has 0 aromatic heterocycles. The second kappa shape index (κ2) is 5.58. The van der Waals surface area contributed by atoms with E-state index in [1.807, 2.05) is 35.2 Å². The molecule has 2 saturated heterocycles. The summed E-state index contributed by atoms with van der Waals surface area (Å²) in [5, 5.41) is 0. The van der Waals surface area contributed by atoms with Crippen LogP contribution in [0.2, 0.25) is 0 Å². The van der Waals surface area contributed by atoms with Crippen LogP contribution >= 0.6 is 0 Å². The van der Waals surface area contributed by atoms with Crippen molar-refractivity contribution in [3.05, 3.63) is 35.9 Å². The van der Waals surface area contributed by atoms with Crippen molar-refractivity contribution in [2.75, 3.05) is 6.54 Å². The van der Waals surface area contributed by atoms with Crippen LogP contribution in [0.25, 0.3) is 0 Å². The monoisotopic (exact) mass is 269 g/mol. The van der Waals surface area contributed by atoms with E-state index in [9.17, 15) is 4.79 Å². The molecule has 1 aromatic rings. The summed E-state index contributed by atoms with van der Waals surface area (Å²) in [6.07, 6.45) is 8.63. The SMILES string of the molecule is C#CC1CC2CCC1N(C(=O)OCc1ccccc1)C2. The van der Waals surface area contributed by atoms with Gasteiger partial charge in [-0.05, 0) is 30.7 Å². The Hall–Kier alpha value is -1.95. The van der Waals surface area contributed by atoms with E-state index in [1.54, 1.807) is 0 Å². The van der Waals surface area contributed by atoms with E-state index in [2.05, 4.69) is 5.92 Å². The Balaban J connectivity index is 1.61. The number of ether oxygens (including phenoxy) is 1. The number of hydrogen-bond donors (Lipinski definition) is 0. The van der Waals surface area contributed by atoms with Gasteiger partial charge in [-0.2, -0.15) is 0 Å². The molecule has 1 saturated carbocycles. The molecule has 0 radical (unpaired) electrons. The highest BCUT2D eigenvalue weighted by Crippen LogP contribution is 2.39. The van der Waals surface area contributed by atoms with Gasteiger partial charge in [0, 0.05) is 18.5 Å². The summed E-state index contributed by atoms with van der Waals surface area (Å²) in [4.78, 5) is 14.1. The molecule has 3 aliphatic rings. The molecule has 2 heterocycles. The summed E-state index contributed by atoms with van der Waals surface area (Å²) in [5.74, 6) is 3.59. The summed E-state index contributed by atoms with van der Waals surface area (Å²) >= 11 is 0. The van der Waals surface area contributed by atoms with Crippen LogP contribution in [0.4, 0.5) is 4.79 Å². The van der Waals surface area contributed by atoms with Crippen LogP contribution in [0.5, 0.6) is 0 Å². The normalized spacial score (nSPS) is 27.9. The van der Waals surface area contributed by atoms with Crippen molar-refractivity contribution in [1.29, 1.82) is 0 Å². The zero-order valence-corrected chi connectivity index (χ0v) is 11.5. The van der Waals surface area contributed by atoms with Gasteiger partial charge in [0.05, 0.1) is 0 Å². The second-order valence-corrected chi connectivity index (χ2v) is 5.71. The third-order valence-electron chi connectivity index (χ3n) is 4.43. The molecule has 3 fully saturated rings. The van der Waals surface area contributed by atoms with Gasteiger partial charge in [-0.3, -0.25) is 0 Å². The van der Waals surface area contributed by atoms with Crippen LogP contribution in [-0.4, -0.2) is 23.6 Å². The summed E-state index contributed by atoms with van der Waals surface area (Å²) < 4.78 is 5.43. The molecule has 1 aromatic carbocycles. The first kappa shape index (κ1) is 13.1. The predicted octanol–water partition coefficient (Wildman–Crippen LogP) is 3.06. The fourth-order valence-electron chi connectivity index (χ4n) is 3.39. The van der Waals surface area contributed by atoms with Gasteiger partial charge in [-0.15, -0.1) is 12.3 Å².